The molecule has 3 rings (SSSR count). The van der Waals surface area contributed by atoms with Crippen molar-refractivity contribution in [2.75, 3.05) is 5.75 Å². The van der Waals surface area contributed by atoms with Gasteiger partial charge in [-0.1, -0.05) is 85.1 Å². The lowest BCUT2D eigenvalue weighted by Crippen LogP contribution is -2.13. The van der Waals surface area contributed by atoms with Crippen molar-refractivity contribution < 1.29 is 5.11 Å². The zero-order valence-electron chi connectivity index (χ0n) is 21.2. The molecule has 5 heteroatoms. The number of hydrogen-bond donors (Lipinski definition) is 1. The predicted molar refractivity (Wildman–Crippen MR) is 142 cm³/mol. The molecule has 0 bridgehead atoms. The first-order valence-corrected chi connectivity index (χ1v) is 13.6. The first-order valence-electron chi connectivity index (χ1n) is 12.6. The van der Waals surface area contributed by atoms with E-state index in [9.17, 15) is 5.11 Å². The molecule has 0 amide bonds. The first kappa shape index (κ1) is 25.6. The SMILES string of the molecule is CCCCCCCCCCCSc1ccc2nn(-c3cc(C)cc(C(C)(C)C)c3O)nc2c1. The number of thioether (sulfide) groups is 1. The molecule has 0 spiro atoms. The van der Waals surface area contributed by atoms with Crippen LogP contribution in [-0.4, -0.2) is 25.9 Å². The normalized spacial score (nSPS) is 12.0. The molecule has 4 nitrogen and oxygen atoms in total. The Bertz CT molecular complexity index is 1040. The van der Waals surface area contributed by atoms with Gasteiger partial charge in [0, 0.05) is 10.5 Å². The fraction of sp³-hybridized carbons (Fsp3) is 0.571. The number of hydrogen-bond acceptors (Lipinski definition) is 4. The van der Waals surface area contributed by atoms with Crippen molar-refractivity contribution in [3.05, 3.63) is 41.5 Å². The van der Waals surface area contributed by atoms with Gasteiger partial charge < -0.3 is 5.11 Å². The molecule has 0 unspecified atom stereocenters. The molecule has 0 aliphatic rings. The summed E-state index contributed by atoms with van der Waals surface area (Å²) in [6, 6.07) is 10.3. The summed E-state index contributed by atoms with van der Waals surface area (Å²) < 4.78 is 0. The third-order valence-corrected chi connectivity index (χ3v) is 7.21. The Labute approximate surface area is 204 Å². The Morgan fingerprint density at radius 1 is 0.848 bits per heavy atom. The zero-order valence-corrected chi connectivity index (χ0v) is 22.0. The van der Waals surface area contributed by atoms with Gasteiger partial charge >= 0.3 is 0 Å². The van der Waals surface area contributed by atoms with E-state index in [1.54, 1.807) is 4.80 Å². The van der Waals surface area contributed by atoms with Crippen LogP contribution in [0.4, 0.5) is 0 Å². The minimum atomic E-state index is -0.156. The number of phenols is 1. The minimum Gasteiger partial charge on any atom is -0.505 e. The third-order valence-electron chi connectivity index (χ3n) is 6.13. The second-order valence-electron chi connectivity index (χ2n) is 10.2. The highest BCUT2D eigenvalue weighted by Gasteiger charge is 2.22. The summed E-state index contributed by atoms with van der Waals surface area (Å²) in [7, 11) is 0. The molecular formula is C28H41N3OS. The molecule has 0 saturated carbocycles. The molecule has 1 heterocycles. The van der Waals surface area contributed by atoms with Crippen LogP contribution in [0.25, 0.3) is 16.7 Å². The lowest BCUT2D eigenvalue weighted by molar-refractivity contribution is 0.440. The van der Waals surface area contributed by atoms with Crippen molar-refractivity contribution >= 4 is 22.8 Å². The van der Waals surface area contributed by atoms with E-state index < -0.39 is 0 Å². The Morgan fingerprint density at radius 3 is 2.15 bits per heavy atom. The van der Waals surface area contributed by atoms with Gasteiger partial charge in [0.15, 0.2) is 0 Å². The summed E-state index contributed by atoms with van der Waals surface area (Å²) >= 11 is 1.90. The Morgan fingerprint density at radius 2 is 1.48 bits per heavy atom. The molecule has 180 valence electrons. The molecule has 0 fully saturated rings. The lowest BCUT2D eigenvalue weighted by Gasteiger charge is -2.22. The van der Waals surface area contributed by atoms with E-state index in [1.165, 1.54) is 62.7 Å². The standard InChI is InChI=1S/C28H41N3OS/c1-6-7-8-9-10-11-12-13-14-17-33-22-15-16-24-25(20-22)30-31(29-24)26-19-21(2)18-23(27(26)32)28(3,4)5/h15-16,18-20,32H,6-14,17H2,1-5H3. The van der Waals surface area contributed by atoms with Crippen LogP contribution in [0.15, 0.2) is 35.2 Å². The van der Waals surface area contributed by atoms with Crippen LogP contribution in [0.5, 0.6) is 5.75 Å². The van der Waals surface area contributed by atoms with Crippen LogP contribution in [-0.2, 0) is 5.41 Å². The summed E-state index contributed by atoms with van der Waals surface area (Å²) in [5.74, 6) is 1.40. The van der Waals surface area contributed by atoms with E-state index in [4.69, 9.17) is 5.10 Å². The summed E-state index contributed by atoms with van der Waals surface area (Å²) in [5, 5.41) is 20.3. The van der Waals surface area contributed by atoms with Crippen LogP contribution in [0.1, 0.15) is 96.6 Å². The van der Waals surface area contributed by atoms with Gasteiger partial charge in [-0.3, -0.25) is 0 Å². The van der Waals surface area contributed by atoms with Gasteiger partial charge in [-0.2, -0.15) is 0 Å². The number of benzene rings is 2. The smallest absolute Gasteiger partial charge is 0.146 e. The Kier molecular flexibility index (Phi) is 9.25. The van der Waals surface area contributed by atoms with E-state index in [2.05, 4.69) is 44.9 Å². The van der Waals surface area contributed by atoms with Crippen molar-refractivity contribution in [3.8, 4) is 11.4 Å². The van der Waals surface area contributed by atoms with E-state index in [0.717, 1.165) is 27.9 Å². The van der Waals surface area contributed by atoms with Crippen molar-refractivity contribution in [2.24, 2.45) is 0 Å². The molecule has 1 N–H and O–H groups in total. The van der Waals surface area contributed by atoms with Gasteiger partial charge in [-0.05, 0) is 54.3 Å². The largest absolute Gasteiger partial charge is 0.505 e. The highest BCUT2D eigenvalue weighted by atomic mass is 32.2. The maximum atomic E-state index is 10.9. The maximum absolute atomic E-state index is 10.9. The fourth-order valence-corrected chi connectivity index (χ4v) is 5.12. The first-order chi connectivity index (χ1) is 15.8. The second kappa shape index (κ2) is 11.9. The molecule has 2 aromatic carbocycles. The van der Waals surface area contributed by atoms with Crippen LogP contribution < -0.4 is 0 Å². The summed E-state index contributed by atoms with van der Waals surface area (Å²) in [5.41, 5.74) is 4.20. The van der Waals surface area contributed by atoms with E-state index in [0.29, 0.717) is 5.69 Å². The van der Waals surface area contributed by atoms with Crippen molar-refractivity contribution in [2.45, 2.75) is 103 Å². The van der Waals surface area contributed by atoms with Gasteiger partial charge in [0.2, 0.25) is 0 Å². The van der Waals surface area contributed by atoms with Crippen LogP contribution >= 0.6 is 11.8 Å². The molecule has 0 radical (unpaired) electrons. The van der Waals surface area contributed by atoms with Crippen LogP contribution in [0.3, 0.4) is 0 Å². The van der Waals surface area contributed by atoms with Crippen molar-refractivity contribution in [3.63, 3.8) is 0 Å². The number of phenolic OH excluding ortho intramolecular Hbond substituents is 1. The van der Waals surface area contributed by atoms with E-state index in [-0.39, 0.29) is 11.2 Å². The second-order valence-corrected chi connectivity index (χ2v) is 11.4. The van der Waals surface area contributed by atoms with Crippen LogP contribution in [0, 0.1) is 6.92 Å². The number of aryl methyl sites for hydroxylation is 1. The summed E-state index contributed by atoms with van der Waals surface area (Å²) in [6.45, 7) is 10.6. The molecule has 0 saturated heterocycles. The molecule has 0 aliphatic heterocycles. The summed E-state index contributed by atoms with van der Waals surface area (Å²) in [6.07, 6.45) is 12.2. The van der Waals surface area contributed by atoms with Gasteiger partial charge in [0.05, 0.1) is 0 Å². The Balaban J connectivity index is 1.58. The highest BCUT2D eigenvalue weighted by Crippen LogP contribution is 2.36. The average Bonchev–Trinajstić information content (AvgIpc) is 3.19. The third kappa shape index (κ3) is 7.23. The average molecular weight is 468 g/mol. The number of aromatic hydroxyl groups is 1. The quantitative estimate of drug-likeness (QED) is 0.215. The topological polar surface area (TPSA) is 50.9 Å². The maximum Gasteiger partial charge on any atom is 0.146 e. The van der Waals surface area contributed by atoms with E-state index >= 15 is 0 Å². The number of fused-ring (bicyclic) bond motifs is 1. The molecule has 0 aliphatic carbocycles. The predicted octanol–water partition coefficient (Wildman–Crippen LogP) is 8.35. The van der Waals surface area contributed by atoms with Crippen molar-refractivity contribution in [1.82, 2.24) is 15.0 Å². The monoisotopic (exact) mass is 467 g/mol. The molecule has 0 atom stereocenters. The Hall–Kier alpha value is -2.01. The number of unbranched alkanes of at least 4 members (excludes halogenated alkanes) is 8. The molecule has 3 aromatic rings. The van der Waals surface area contributed by atoms with Crippen molar-refractivity contribution in [1.29, 1.82) is 0 Å². The van der Waals surface area contributed by atoms with Gasteiger partial charge in [0.25, 0.3) is 0 Å². The van der Waals surface area contributed by atoms with Gasteiger partial charge in [0.1, 0.15) is 22.5 Å². The number of nitrogens with zero attached hydrogens (tertiary/aromatic N) is 3. The van der Waals surface area contributed by atoms with Crippen LogP contribution in [0.2, 0.25) is 0 Å². The zero-order chi connectivity index (χ0) is 23.8. The number of aromatic nitrogens is 3. The molecule has 1 aromatic heterocycles. The van der Waals surface area contributed by atoms with Gasteiger partial charge in [-0.25, -0.2) is 0 Å². The summed E-state index contributed by atoms with van der Waals surface area (Å²) in [4.78, 5) is 2.81. The molecular weight excluding hydrogens is 426 g/mol. The fourth-order valence-electron chi connectivity index (χ4n) is 4.18. The highest BCUT2D eigenvalue weighted by molar-refractivity contribution is 7.99. The van der Waals surface area contributed by atoms with Gasteiger partial charge in [-0.15, -0.1) is 26.8 Å². The minimum absolute atomic E-state index is 0.156. The van der Waals surface area contributed by atoms with E-state index in [1.807, 2.05) is 36.9 Å². The number of rotatable bonds is 12. The lowest BCUT2D eigenvalue weighted by atomic mass is 9.85. The molecule has 33 heavy (non-hydrogen) atoms.